The molecule has 13 heavy (non-hydrogen) atoms. The van der Waals surface area contributed by atoms with Gasteiger partial charge in [-0.25, -0.2) is 4.98 Å². The quantitative estimate of drug-likeness (QED) is 0.814. The molecule has 1 aromatic rings. The minimum Gasteiger partial charge on any atom is -0.472 e. The third kappa shape index (κ3) is 1.84. The number of aliphatic hydroxyl groups excluding tert-OH is 1. The largest absolute Gasteiger partial charge is 0.472 e. The summed E-state index contributed by atoms with van der Waals surface area (Å²) >= 11 is 3.36. The second-order valence-electron chi connectivity index (χ2n) is 3.08. The molecule has 1 atom stereocenters. The summed E-state index contributed by atoms with van der Waals surface area (Å²) in [6.45, 7) is 0.0667. The van der Waals surface area contributed by atoms with Crippen molar-refractivity contribution in [2.24, 2.45) is 0 Å². The first-order valence-electron chi connectivity index (χ1n) is 4.21. The SMILES string of the molecule is OCC1CCc2cc(Br)cnc2O1. The number of hydrogen-bond acceptors (Lipinski definition) is 3. The Labute approximate surface area is 84.9 Å². The molecule has 0 saturated heterocycles. The van der Waals surface area contributed by atoms with Crippen molar-refractivity contribution in [3.8, 4) is 5.88 Å². The fourth-order valence-corrected chi connectivity index (χ4v) is 1.79. The van der Waals surface area contributed by atoms with Crippen LogP contribution in [0.5, 0.6) is 5.88 Å². The zero-order valence-electron chi connectivity index (χ0n) is 7.03. The number of nitrogens with zero attached hydrogens (tertiary/aromatic N) is 1. The highest BCUT2D eigenvalue weighted by Gasteiger charge is 2.19. The van der Waals surface area contributed by atoms with Gasteiger partial charge in [0, 0.05) is 16.2 Å². The third-order valence-corrected chi connectivity index (χ3v) is 2.54. The van der Waals surface area contributed by atoms with Gasteiger partial charge in [0.25, 0.3) is 0 Å². The van der Waals surface area contributed by atoms with Gasteiger partial charge in [-0.2, -0.15) is 0 Å². The normalized spacial score (nSPS) is 20.6. The predicted octanol–water partition coefficient (Wildman–Crippen LogP) is 1.53. The van der Waals surface area contributed by atoms with E-state index in [1.54, 1.807) is 6.20 Å². The summed E-state index contributed by atoms with van der Waals surface area (Å²) in [6.07, 6.45) is 3.41. The zero-order chi connectivity index (χ0) is 9.26. The van der Waals surface area contributed by atoms with Crippen molar-refractivity contribution in [3.05, 3.63) is 22.3 Å². The number of pyridine rings is 1. The monoisotopic (exact) mass is 243 g/mol. The lowest BCUT2D eigenvalue weighted by atomic mass is 10.1. The highest BCUT2D eigenvalue weighted by molar-refractivity contribution is 9.10. The van der Waals surface area contributed by atoms with E-state index in [0.717, 1.165) is 22.9 Å². The van der Waals surface area contributed by atoms with Gasteiger partial charge in [-0.3, -0.25) is 0 Å². The number of fused-ring (bicyclic) bond motifs is 1. The van der Waals surface area contributed by atoms with Crippen LogP contribution < -0.4 is 4.74 Å². The first-order valence-corrected chi connectivity index (χ1v) is 5.01. The fourth-order valence-electron chi connectivity index (χ4n) is 1.42. The van der Waals surface area contributed by atoms with Crippen LogP contribution in [-0.2, 0) is 6.42 Å². The molecule has 1 aromatic heterocycles. The van der Waals surface area contributed by atoms with Gasteiger partial charge >= 0.3 is 0 Å². The van der Waals surface area contributed by atoms with Gasteiger partial charge in [0.15, 0.2) is 0 Å². The molecule has 1 N–H and O–H groups in total. The van der Waals surface area contributed by atoms with Crippen LogP contribution in [0.2, 0.25) is 0 Å². The highest BCUT2D eigenvalue weighted by Crippen LogP contribution is 2.27. The van der Waals surface area contributed by atoms with Crippen LogP contribution in [0, 0.1) is 0 Å². The van der Waals surface area contributed by atoms with Crippen LogP contribution in [0.3, 0.4) is 0 Å². The Morgan fingerprint density at radius 2 is 2.54 bits per heavy atom. The Kier molecular flexibility index (Phi) is 2.51. The molecule has 0 saturated carbocycles. The second-order valence-corrected chi connectivity index (χ2v) is 3.99. The van der Waals surface area contributed by atoms with E-state index in [0.29, 0.717) is 5.88 Å². The highest BCUT2D eigenvalue weighted by atomic mass is 79.9. The zero-order valence-corrected chi connectivity index (χ0v) is 8.62. The molecule has 2 heterocycles. The average molecular weight is 244 g/mol. The molecule has 0 bridgehead atoms. The van der Waals surface area contributed by atoms with Gasteiger partial charge in [0.1, 0.15) is 6.10 Å². The smallest absolute Gasteiger partial charge is 0.216 e. The summed E-state index contributed by atoms with van der Waals surface area (Å²) in [7, 11) is 0. The van der Waals surface area contributed by atoms with Crippen molar-refractivity contribution in [3.63, 3.8) is 0 Å². The number of aliphatic hydroxyl groups is 1. The first kappa shape index (κ1) is 8.97. The average Bonchev–Trinajstić information content (AvgIpc) is 2.17. The number of halogens is 1. The van der Waals surface area contributed by atoms with Gasteiger partial charge < -0.3 is 9.84 Å². The molecule has 0 radical (unpaired) electrons. The lowest BCUT2D eigenvalue weighted by Gasteiger charge is -2.23. The van der Waals surface area contributed by atoms with Crippen molar-refractivity contribution >= 4 is 15.9 Å². The Balaban J connectivity index is 2.26. The van der Waals surface area contributed by atoms with Crippen LogP contribution >= 0.6 is 15.9 Å². The Hall–Kier alpha value is -0.610. The van der Waals surface area contributed by atoms with E-state index in [2.05, 4.69) is 20.9 Å². The lowest BCUT2D eigenvalue weighted by molar-refractivity contribution is 0.0929. The molecule has 0 aliphatic carbocycles. The molecule has 2 rings (SSSR count). The molecule has 0 amide bonds. The van der Waals surface area contributed by atoms with Crippen molar-refractivity contribution in [2.75, 3.05) is 6.61 Å². The maximum atomic E-state index is 8.91. The van der Waals surface area contributed by atoms with Gasteiger partial charge in [-0.15, -0.1) is 0 Å². The molecule has 0 aromatic carbocycles. The minimum atomic E-state index is -0.0822. The number of rotatable bonds is 1. The molecule has 70 valence electrons. The standard InChI is InChI=1S/C9H10BrNO2/c10-7-3-6-1-2-8(5-12)13-9(6)11-4-7/h3-4,8,12H,1-2,5H2. The fraction of sp³-hybridized carbons (Fsp3) is 0.444. The molecule has 4 heteroatoms. The summed E-state index contributed by atoms with van der Waals surface area (Å²) in [4.78, 5) is 4.14. The molecule has 0 fully saturated rings. The Bertz CT molecular complexity index is 316. The number of ether oxygens (including phenoxy) is 1. The topological polar surface area (TPSA) is 42.4 Å². The van der Waals surface area contributed by atoms with E-state index in [9.17, 15) is 0 Å². The van der Waals surface area contributed by atoms with Crippen molar-refractivity contribution < 1.29 is 9.84 Å². The summed E-state index contributed by atoms with van der Waals surface area (Å²) < 4.78 is 6.42. The molecule has 3 nitrogen and oxygen atoms in total. The van der Waals surface area contributed by atoms with Gasteiger partial charge in [0.2, 0.25) is 5.88 Å². The molecule has 1 aliphatic heterocycles. The van der Waals surface area contributed by atoms with E-state index in [-0.39, 0.29) is 12.7 Å². The van der Waals surface area contributed by atoms with Gasteiger partial charge in [-0.05, 0) is 34.8 Å². The van der Waals surface area contributed by atoms with Gasteiger partial charge in [0.05, 0.1) is 6.61 Å². The summed E-state index contributed by atoms with van der Waals surface area (Å²) in [5.41, 5.74) is 1.11. The van der Waals surface area contributed by atoms with Gasteiger partial charge in [-0.1, -0.05) is 0 Å². The number of aryl methyl sites for hydroxylation is 1. The lowest BCUT2D eigenvalue weighted by Crippen LogP contribution is -2.26. The summed E-state index contributed by atoms with van der Waals surface area (Å²) in [5.74, 6) is 0.661. The van der Waals surface area contributed by atoms with Crippen LogP contribution in [-0.4, -0.2) is 22.8 Å². The maximum absolute atomic E-state index is 8.91. The Morgan fingerprint density at radius 3 is 3.31 bits per heavy atom. The van der Waals surface area contributed by atoms with Crippen LogP contribution in [0.25, 0.3) is 0 Å². The maximum Gasteiger partial charge on any atom is 0.216 e. The summed E-state index contributed by atoms with van der Waals surface area (Å²) in [5, 5.41) is 8.91. The summed E-state index contributed by atoms with van der Waals surface area (Å²) in [6, 6.07) is 2.01. The van der Waals surface area contributed by atoms with E-state index in [1.165, 1.54) is 0 Å². The second kappa shape index (κ2) is 3.64. The van der Waals surface area contributed by atoms with E-state index < -0.39 is 0 Å². The van der Waals surface area contributed by atoms with Crippen molar-refractivity contribution in [2.45, 2.75) is 18.9 Å². The molecule has 1 aliphatic rings. The first-order chi connectivity index (χ1) is 6.29. The van der Waals surface area contributed by atoms with Crippen molar-refractivity contribution in [1.29, 1.82) is 0 Å². The van der Waals surface area contributed by atoms with Crippen LogP contribution in [0.4, 0.5) is 0 Å². The van der Waals surface area contributed by atoms with Crippen molar-refractivity contribution in [1.82, 2.24) is 4.98 Å². The van der Waals surface area contributed by atoms with E-state index >= 15 is 0 Å². The van der Waals surface area contributed by atoms with E-state index in [4.69, 9.17) is 9.84 Å². The molecule has 1 unspecified atom stereocenters. The molecular weight excluding hydrogens is 234 g/mol. The predicted molar refractivity (Wildman–Crippen MR) is 51.8 cm³/mol. The van der Waals surface area contributed by atoms with E-state index in [1.807, 2.05) is 6.07 Å². The molecule has 0 spiro atoms. The van der Waals surface area contributed by atoms with Crippen LogP contribution in [0.15, 0.2) is 16.7 Å². The third-order valence-electron chi connectivity index (χ3n) is 2.11. The Morgan fingerprint density at radius 1 is 1.69 bits per heavy atom. The number of hydrogen-bond donors (Lipinski definition) is 1. The number of aromatic nitrogens is 1. The molecular formula is C9H10BrNO2. The minimum absolute atomic E-state index is 0.0667. The van der Waals surface area contributed by atoms with Crippen LogP contribution in [0.1, 0.15) is 12.0 Å².